The van der Waals surface area contributed by atoms with Crippen molar-refractivity contribution in [3.8, 4) is 0 Å². The van der Waals surface area contributed by atoms with Crippen LogP contribution in [0.2, 0.25) is 0 Å². The average molecular weight is 312 g/mol. The molecule has 0 amide bonds. The Morgan fingerprint density at radius 1 is 1.53 bits per heavy atom. The van der Waals surface area contributed by atoms with Gasteiger partial charge in [0.15, 0.2) is 0 Å². The number of nitrogens with one attached hydrogen (secondary N) is 1. The minimum absolute atomic E-state index is 0.742. The molecule has 1 saturated carbocycles. The molecule has 1 fully saturated rings. The third-order valence-corrected chi connectivity index (χ3v) is 4.76. The lowest BCUT2D eigenvalue weighted by Crippen LogP contribution is -2.15. The van der Waals surface area contributed by atoms with Crippen LogP contribution in [0.1, 0.15) is 23.4 Å². The molecule has 0 radical (unpaired) electrons. The standard InChI is InChI=1S/C12H14BrN3S/c13-11-3-4-17-12(11)7-16-6-10(15-8-16)5-14-9-1-2-9/h3-4,6,8-9,14H,1-2,5,7H2. The largest absolute Gasteiger partial charge is 0.332 e. The zero-order chi connectivity index (χ0) is 11.7. The van der Waals surface area contributed by atoms with Crippen molar-refractivity contribution >= 4 is 27.3 Å². The van der Waals surface area contributed by atoms with E-state index in [1.165, 1.54) is 22.2 Å². The Morgan fingerprint density at radius 3 is 3.12 bits per heavy atom. The molecule has 3 rings (SSSR count). The van der Waals surface area contributed by atoms with E-state index in [1.807, 2.05) is 6.33 Å². The Hall–Kier alpha value is -0.650. The summed E-state index contributed by atoms with van der Waals surface area (Å²) in [6, 6.07) is 2.83. The van der Waals surface area contributed by atoms with Crippen LogP contribution in [0.5, 0.6) is 0 Å². The van der Waals surface area contributed by atoms with Gasteiger partial charge in [0.1, 0.15) is 0 Å². The lowest BCUT2D eigenvalue weighted by Gasteiger charge is -2.00. The summed E-state index contributed by atoms with van der Waals surface area (Å²) >= 11 is 5.32. The number of rotatable bonds is 5. The molecule has 0 aliphatic heterocycles. The van der Waals surface area contributed by atoms with Gasteiger partial charge in [-0.05, 0) is 40.2 Å². The van der Waals surface area contributed by atoms with Gasteiger partial charge in [0.25, 0.3) is 0 Å². The molecule has 2 heterocycles. The molecular formula is C12H14BrN3S. The molecule has 0 unspecified atom stereocenters. The lowest BCUT2D eigenvalue weighted by atomic mass is 10.4. The van der Waals surface area contributed by atoms with Gasteiger partial charge in [-0.3, -0.25) is 0 Å². The molecule has 1 aliphatic carbocycles. The maximum absolute atomic E-state index is 4.42. The van der Waals surface area contributed by atoms with Crippen LogP contribution in [0.15, 0.2) is 28.4 Å². The van der Waals surface area contributed by atoms with Gasteiger partial charge >= 0.3 is 0 Å². The summed E-state index contributed by atoms with van der Waals surface area (Å²) in [5.74, 6) is 0. The van der Waals surface area contributed by atoms with Crippen molar-refractivity contribution < 1.29 is 0 Å². The number of thiophene rings is 1. The van der Waals surface area contributed by atoms with Crippen molar-refractivity contribution in [2.45, 2.75) is 32.0 Å². The van der Waals surface area contributed by atoms with Gasteiger partial charge < -0.3 is 9.88 Å². The quantitative estimate of drug-likeness (QED) is 0.920. The van der Waals surface area contributed by atoms with Gasteiger partial charge in [-0.1, -0.05) is 0 Å². The van der Waals surface area contributed by atoms with Crippen LogP contribution >= 0.6 is 27.3 Å². The molecule has 17 heavy (non-hydrogen) atoms. The van der Waals surface area contributed by atoms with Crippen molar-refractivity contribution in [1.82, 2.24) is 14.9 Å². The highest BCUT2D eigenvalue weighted by Gasteiger charge is 2.20. The number of hydrogen-bond donors (Lipinski definition) is 1. The monoisotopic (exact) mass is 311 g/mol. The van der Waals surface area contributed by atoms with Crippen LogP contribution in [0.25, 0.3) is 0 Å². The molecular weight excluding hydrogens is 298 g/mol. The second-order valence-electron chi connectivity index (χ2n) is 4.38. The van der Waals surface area contributed by atoms with Gasteiger partial charge in [-0.15, -0.1) is 11.3 Å². The first kappa shape index (κ1) is 11.4. The molecule has 90 valence electrons. The number of nitrogens with zero attached hydrogens (tertiary/aromatic N) is 2. The first-order valence-corrected chi connectivity index (χ1v) is 7.44. The van der Waals surface area contributed by atoms with Gasteiger partial charge in [0.2, 0.25) is 0 Å². The smallest absolute Gasteiger partial charge is 0.0953 e. The minimum atomic E-state index is 0.742. The topological polar surface area (TPSA) is 29.9 Å². The minimum Gasteiger partial charge on any atom is -0.332 e. The second kappa shape index (κ2) is 4.92. The summed E-state index contributed by atoms with van der Waals surface area (Å²) in [6.07, 6.45) is 6.68. The van der Waals surface area contributed by atoms with E-state index in [0.717, 1.165) is 24.8 Å². The van der Waals surface area contributed by atoms with Crippen molar-refractivity contribution in [2.24, 2.45) is 0 Å². The Balaban J connectivity index is 1.61. The predicted molar refractivity (Wildman–Crippen MR) is 73.2 cm³/mol. The van der Waals surface area contributed by atoms with E-state index >= 15 is 0 Å². The van der Waals surface area contributed by atoms with E-state index in [1.54, 1.807) is 11.3 Å². The number of hydrogen-bond acceptors (Lipinski definition) is 3. The molecule has 2 aromatic heterocycles. The van der Waals surface area contributed by atoms with Gasteiger partial charge in [0, 0.05) is 28.1 Å². The predicted octanol–water partition coefficient (Wildman–Crippen LogP) is 3.01. The van der Waals surface area contributed by atoms with E-state index in [2.05, 4.69) is 48.4 Å². The molecule has 0 aromatic carbocycles. The molecule has 0 spiro atoms. The van der Waals surface area contributed by atoms with Crippen LogP contribution in [0, 0.1) is 0 Å². The van der Waals surface area contributed by atoms with Crippen LogP contribution < -0.4 is 5.32 Å². The van der Waals surface area contributed by atoms with Gasteiger partial charge in [-0.25, -0.2) is 4.98 Å². The SMILES string of the molecule is Brc1ccsc1Cn1cnc(CNC2CC2)c1. The van der Waals surface area contributed by atoms with Crippen LogP contribution in [0.3, 0.4) is 0 Å². The van der Waals surface area contributed by atoms with E-state index < -0.39 is 0 Å². The molecule has 3 nitrogen and oxygen atoms in total. The normalized spacial score (nSPS) is 15.4. The molecule has 2 aromatic rings. The van der Waals surface area contributed by atoms with Gasteiger partial charge in [0.05, 0.1) is 18.6 Å². The zero-order valence-corrected chi connectivity index (χ0v) is 11.8. The summed E-state index contributed by atoms with van der Waals surface area (Å²) in [6.45, 7) is 1.79. The van der Waals surface area contributed by atoms with Crippen LogP contribution in [-0.4, -0.2) is 15.6 Å². The Bertz CT molecular complexity index is 501. The highest BCUT2D eigenvalue weighted by molar-refractivity contribution is 9.10. The first-order valence-electron chi connectivity index (χ1n) is 5.77. The van der Waals surface area contributed by atoms with Crippen molar-refractivity contribution in [2.75, 3.05) is 0 Å². The van der Waals surface area contributed by atoms with E-state index in [9.17, 15) is 0 Å². The van der Waals surface area contributed by atoms with Gasteiger partial charge in [-0.2, -0.15) is 0 Å². The number of imidazole rings is 1. The summed E-state index contributed by atoms with van der Waals surface area (Å²) in [5, 5.41) is 5.58. The highest BCUT2D eigenvalue weighted by atomic mass is 79.9. The van der Waals surface area contributed by atoms with Crippen molar-refractivity contribution in [3.05, 3.63) is 39.0 Å². The Morgan fingerprint density at radius 2 is 2.41 bits per heavy atom. The summed E-state index contributed by atoms with van der Waals surface area (Å²) in [4.78, 5) is 5.75. The zero-order valence-electron chi connectivity index (χ0n) is 9.40. The molecule has 1 aliphatic rings. The molecule has 0 atom stereocenters. The highest BCUT2D eigenvalue weighted by Crippen LogP contribution is 2.23. The molecule has 0 bridgehead atoms. The van der Waals surface area contributed by atoms with Crippen molar-refractivity contribution in [1.29, 1.82) is 0 Å². The fourth-order valence-corrected chi connectivity index (χ4v) is 3.21. The molecule has 5 heteroatoms. The summed E-state index contributed by atoms with van der Waals surface area (Å²) in [7, 11) is 0. The third kappa shape index (κ3) is 2.97. The Kier molecular flexibility index (Phi) is 3.31. The van der Waals surface area contributed by atoms with Crippen molar-refractivity contribution in [3.63, 3.8) is 0 Å². The lowest BCUT2D eigenvalue weighted by molar-refractivity contribution is 0.676. The maximum Gasteiger partial charge on any atom is 0.0953 e. The van der Waals surface area contributed by atoms with E-state index in [-0.39, 0.29) is 0 Å². The fourth-order valence-electron chi connectivity index (χ4n) is 1.72. The summed E-state index contributed by atoms with van der Waals surface area (Å²) in [5.41, 5.74) is 1.13. The third-order valence-electron chi connectivity index (χ3n) is 2.85. The van der Waals surface area contributed by atoms with Crippen LogP contribution in [-0.2, 0) is 13.1 Å². The fraction of sp³-hybridized carbons (Fsp3) is 0.417. The average Bonchev–Trinajstić information content (AvgIpc) is 2.92. The van der Waals surface area contributed by atoms with E-state index in [0.29, 0.717) is 0 Å². The maximum atomic E-state index is 4.42. The summed E-state index contributed by atoms with van der Waals surface area (Å²) < 4.78 is 3.33. The molecule has 0 saturated heterocycles. The molecule has 1 N–H and O–H groups in total. The van der Waals surface area contributed by atoms with Crippen LogP contribution in [0.4, 0.5) is 0 Å². The second-order valence-corrected chi connectivity index (χ2v) is 6.24. The van der Waals surface area contributed by atoms with E-state index in [4.69, 9.17) is 0 Å². The Labute approximate surface area is 113 Å². The number of halogens is 1. The first-order chi connectivity index (χ1) is 8.31. The number of aromatic nitrogens is 2.